The van der Waals surface area contributed by atoms with Gasteiger partial charge in [0.25, 0.3) is 0 Å². The number of aryl methyl sites for hydroxylation is 3. The number of hydrogen-bond donors (Lipinski definition) is 2. The van der Waals surface area contributed by atoms with E-state index in [2.05, 4.69) is 48.5 Å². The van der Waals surface area contributed by atoms with Gasteiger partial charge >= 0.3 is 0 Å². The Kier molecular flexibility index (Phi) is 4.66. The number of anilines is 1. The summed E-state index contributed by atoms with van der Waals surface area (Å²) in [6.45, 7) is 6.66. The second-order valence-electron chi connectivity index (χ2n) is 6.32. The van der Waals surface area contributed by atoms with Crippen molar-refractivity contribution in [2.45, 2.75) is 33.6 Å². The molecular weight excluding hydrogens is 322 g/mol. The molecular formula is C18H21N3O2S. The molecule has 2 N–H and O–H groups in total. The summed E-state index contributed by atoms with van der Waals surface area (Å²) >= 11 is 1.43. The smallest absolute Gasteiger partial charge is 0.231 e. The van der Waals surface area contributed by atoms with Gasteiger partial charge in [0.1, 0.15) is 0 Å². The maximum absolute atomic E-state index is 12.3. The Labute approximate surface area is 145 Å². The molecule has 3 rings (SSSR count). The Morgan fingerprint density at radius 2 is 2.00 bits per heavy atom. The van der Waals surface area contributed by atoms with Crippen molar-refractivity contribution in [2.24, 2.45) is 5.92 Å². The third-order valence-corrected chi connectivity index (χ3v) is 5.24. The van der Waals surface area contributed by atoms with E-state index in [1.807, 2.05) is 5.38 Å². The van der Waals surface area contributed by atoms with E-state index in [4.69, 9.17) is 0 Å². The van der Waals surface area contributed by atoms with Gasteiger partial charge in [-0.1, -0.05) is 6.07 Å². The largest absolute Gasteiger partial charge is 0.355 e. The zero-order valence-electron chi connectivity index (χ0n) is 14.1. The average Bonchev–Trinajstić information content (AvgIpc) is 2.99. The van der Waals surface area contributed by atoms with E-state index < -0.39 is 0 Å². The first-order chi connectivity index (χ1) is 11.4. The molecule has 0 radical (unpaired) electrons. The number of nitrogens with one attached hydrogen (secondary N) is 2. The lowest BCUT2D eigenvalue weighted by Gasteiger charge is -2.20. The number of carbonyl (C=O) groups excluding carboxylic acids is 2. The number of hydrogen-bond acceptors (Lipinski definition) is 4. The summed E-state index contributed by atoms with van der Waals surface area (Å²) < 4.78 is 0. The van der Waals surface area contributed by atoms with Gasteiger partial charge in [-0.25, -0.2) is 4.98 Å². The number of nitrogens with zero attached hydrogens (tertiary/aromatic N) is 1. The zero-order valence-corrected chi connectivity index (χ0v) is 14.9. The highest BCUT2D eigenvalue weighted by Gasteiger charge is 2.25. The summed E-state index contributed by atoms with van der Waals surface area (Å²) in [6.07, 6.45) is 0.995. The Morgan fingerprint density at radius 3 is 2.71 bits per heavy atom. The Balaban J connectivity index is 1.73. The van der Waals surface area contributed by atoms with Gasteiger partial charge in [-0.2, -0.15) is 0 Å². The van der Waals surface area contributed by atoms with E-state index in [-0.39, 0.29) is 17.7 Å². The average molecular weight is 343 g/mol. The predicted octanol–water partition coefficient (Wildman–Crippen LogP) is 3.20. The molecule has 0 bridgehead atoms. The fourth-order valence-electron chi connectivity index (χ4n) is 2.86. The van der Waals surface area contributed by atoms with Crippen LogP contribution in [0.3, 0.4) is 0 Å². The lowest BCUT2D eigenvalue weighted by molar-refractivity contribution is -0.126. The van der Waals surface area contributed by atoms with Crippen LogP contribution in [0.4, 0.5) is 5.13 Å². The lowest BCUT2D eigenvalue weighted by atomic mass is 9.98. The van der Waals surface area contributed by atoms with Crippen LogP contribution >= 0.6 is 11.3 Å². The standard InChI is InChI=1S/C18H21N3O2S/c1-10-6-12(3)14(7-11(10)2)15-9-24-18(20-15)21-17(23)13-4-5-16(22)19-8-13/h6-7,9,13H,4-5,8H2,1-3H3,(H,19,22)(H,20,21,23). The second kappa shape index (κ2) is 6.73. The van der Waals surface area contributed by atoms with Crippen LogP contribution in [0.25, 0.3) is 11.3 Å². The first-order valence-electron chi connectivity index (χ1n) is 8.05. The summed E-state index contributed by atoms with van der Waals surface area (Å²) in [6, 6.07) is 4.30. The number of rotatable bonds is 3. The minimum atomic E-state index is -0.182. The van der Waals surface area contributed by atoms with E-state index in [0.29, 0.717) is 24.5 Å². The molecule has 24 heavy (non-hydrogen) atoms. The fraction of sp³-hybridized carbons (Fsp3) is 0.389. The maximum atomic E-state index is 12.3. The van der Waals surface area contributed by atoms with E-state index in [0.717, 1.165) is 11.3 Å². The summed E-state index contributed by atoms with van der Waals surface area (Å²) in [5.41, 5.74) is 5.65. The summed E-state index contributed by atoms with van der Waals surface area (Å²) in [5, 5.41) is 8.18. The van der Waals surface area contributed by atoms with Gasteiger partial charge in [0.05, 0.1) is 11.6 Å². The van der Waals surface area contributed by atoms with Crippen LogP contribution in [-0.4, -0.2) is 23.3 Å². The van der Waals surface area contributed by atoms with Gasteiger partial charge in [-0.3, -0.25) is 9.59 Å². The molecule has 1 atom stereocenters. The number of thiazole rings is 1. The molecule has 1 saturated heterocycles. The number of piperidine rings is 1. The van der Waals surface area contributed by atoms with Crippen LogP contribution in [-0.2, 0) is 9.59 Å². The molecule has 2 aromatic rings. The number of aromatic nitrogens is 1. The molecule has 6 heteroatoms. The van der Waals surface area contributed by atoms with E-state index >= 15 is 0 Å². The van der Waals surface area contributed by atoms with Gasteiger partial charge in [0, 0.05) is 23.9 Å². The molecule has 2 heterocycles. The molecule has 0 spiro atoms. The maximum Gasteiger partial charge on any atom is 0.231 e. The van der Waals surface area contributed by atoms with Gasteiger partial charge in [0.2, 0.25) is 11.8 Å². The monoisotopic (exact) mass is 343 g/mol. The van der Waals surface area contributed by atoms with Crippen LogP contribution in [0.15, 0.2) is 17.5 Å². The normalized spacial score (nSPS) is 17.5. The highest BCUT2D eigenvalue weighted by molar-refractivity contribution is 7.14. The molecule has 1 unspecified atom stereocenters. The molecule has 1 aliphatic rings. The van der Waals surface area contributed by atoms with Crippen LogP contribution in [0.2, 0.25) is 0 Å². The first kappa shape index (κ1) is 16.6. The Bertz CT molecular complexity index is 788. The quantitative estimate of drug-likeness (QED) is 0.899. The van der Waals surface area contributed by atoms with Crippen molar-refractivity contribution < 1.29 is 9.59 Å². The summed E-state index contributed by atoms with van der Waals surface area (Å²) in [4.78, 5) is 28.0. The summed E-state index contributed by atoms with van der Waals surface area (Å²) in [5.74, 6) is -0.244. The topological polar surface area (TPSA) is 71.1 Å². The van der Waals surface area contributed by atoms with Gasteiger partial charge in [-0.15, -0.1) is 11.3 Å². The highest BCUT2D eigenvalue weighted by atomic mass is 32.1. The minimum absolute atomic E-state index is 0.0146. The Hall–Kier alpha value is -2.21. The molecule has 0 aliphatic carbocycles. The predicted molar refractivity (Wildman–Crippen MR) is 96.1 cm³/mol. The third kappa shape index (κ3) is 3.48. The van der Waals surface area contributed by atoms with Crippen molar-refractivity contribution in [3.8, 4) is 11.3 Å². The SMILES string of the molecule is Cc1cc(C)c(-c2csc(NC(=O)C3CCC(=O)NC3)n2)cc1C. The lowest BCUT2D eigenvalue weighted by Crippen LogP contribution is -2.40. The number of amides is 2. The molecule has 1 aromatic heterocycles. The fourth-order valence-corrected chi connectivity index (χ4v) is 3.57. The third-order valence-electron chi connectivity index (χ3n) is 4.49. The van der Waals surface area contributed by atoms with E-state index in [1.54, 1.807) is 0 Å². The molecule has 1 aliphatic heterocycles. The molecule has 126 valence electrons. The van der Waals surface area contributed by atoms with Gasteiger partial charge in [0.15, 0.2) is 5.13 Å². The van der Waals surface area contributed by atoms with Crippen molar-refractivity contribution in [3.05, 3.63) is 34.2 Å². The second-order valence-corrected chi connectivity index (χ2v) is 7.18. The summed E-state index contributed by atoms with van der Waals surface area (Å²) in [7, 11) is 0. The van der Waals surface area contributed by atoms with Crippen LogP contribution in [0.5, 0.6) is 0 Å². The molecule has 0 saturated carbocycles. The van der Waals surface area contributed by atoms with Crippen LogP contribution in [0.1, 0.15) is 29.5 Å². The zero-order chi connectivity index (χ0) is 17.3. The van der Waals surface area contributed by atoms with Crippen molar-refractivity contribution in [3.63, 3.8) is 0 Å². The minimum Gasteiger partial charge on any atom is -0.355 e. The van der Waals surface area contributed by atoms with Crippen molar-refractivity contribution >= 4 is 28.3 Å². The molecule has 2 amide bonds. The van der Waals surface area contributed by atoms with E-state index in [9.17, 15) is 9.59 Å². The number of carbonyl (C=O) groups is 2. The van der Waals surface area contributed by atoms with Crippen molar-refractivity contribution in [1.29, 1.82) is 0 Å². The van der Waals surface area contributed by atoms with Crippen LogP contribution in [0, 0.1) is 26.7 Å². The Morgan fingerprint density at radius 1 is 1.25 bits per heavy atom. The molecule has 1 fully saturated rings. The van der Waals surface area contributed by atoms with Gasteiger partial charge in [-0.05, 0) is 49.9 Å². The first-order valence-corrected chi connectivity index (χ1v) is 8.93. The highest BCUT2D eigenvalue weighted by Crippen LogP contribution is 2.29. The molecule has 1 aromatic carbocycles. The number of benzene rings is 1. The molecule has 5 nitrogen and oxygen atoms in total. The van der Waals surface area contributed by atoms with Gasteiger partial charge < -0.3 is 10.6 Å². The van der Waals surface area contributed by atoms with E-state index in [1.165, 1.54) is 28.0 Å². The van der Waals surface area contributed by atoms with Crippen molar-refractivity contribution in [2.75, 3.05) is 11.9 Å². The van der Waals surface area contributed by atoms with Crippen molar-refractivity contribution in [1.82, 2.24) is 10.3 Å². The van der Waals surface area contributed by atoms with Crippen LogP contribution < -0.4 is 10.6 Å².